The number of thiocarbonyl (C=S) groups is 1. The van der Waals surface area contributed by atoms with Crippen molar-refractivity contribution in [3.8, 4) is 11.1 Å². The Hall–Kier alpha value is -1.80. The van der Waals surface area contributed by atoms with E-state index >= 15 is 0 Å². The molecule has 1 fully saturated rings. The Bertz CT molecular complexity index is 683. The second-order valence-electron chi connectivity index (χ2n) is 5.80. The summed E-state index contributed by atoms with van der Waals surface area (Å²) in [6.07, 6.45) is 2.20. The fourth-order valence-electron chi connectivity index (χ4n) is 2.72. The number of hydrogen-bond donors (Lipinski definition) is 0. The number of aryl methyl sites for hydroxylation is 1. The van der Waals surface area contributed by atoms with Gasteiger partial charge in [0, 0.05) is 0 Å². The van der Waals surface area contributed by atoms with Crippen LogP contribution in [0.5, 0.6) is 0 Å². The molecule has 22 heavy (non-hydrogen) atoms. The molecule has 3 rings (SSSR count). The fourth-order valence-corrected chi connectivity index (χ4v) is 2.87. The molecule has 2 nitrogen and oxygen atoms in total. The first-order chi connectivity index (χ1) is 10.8. The van der Waals surface area contributed by atoms with Crippen LogP contribution in [-0.2, 0) is 11.3 Å². The van der Waals surface area contributed by atoms with Crippen LogP contribution in [0.15, 0.2) is 53.5 Å². The first-order valence-corrected chi connectivity index (χ1v) is 8.00. The number of hydrogen-bond acceptors (Lipinski definition) is 3. The van der Waals surface area contributed by atoms with Crippen LogP contribution in [0, 0.1) is 6.92 Å². The summed E-state index contributed by atoms with van der Waals surface area (Å²) in [4.78, 5) is 4.09. The SMILES string of the molecule is Cc1ccc(-c2ccccc2COC2CC(N=C=S)C2)cc1. The molecule has 0 saturated heterocycles. The highest BCUT2D eigenvalue weighted by molar-refractivity contribution is 7.78. The maximum Gasteiger partial charge on any atom is 0.0726 e. The van der Waals surface area contributed by atoms with Gasteiger partial charge >= 0.3 is 0 Å². The highest BCUT2D eigenvalue weighted by atomic mass is 32.1. The van der Waals surface area contributed by atoms with E-state index in [1.165, 1.54) is 22.3 Å². The van der Waals surface area contributed by atoms with Gasteiger partial charge in [-0.15, -0.1) is 0 Å². The van der Waals surface area contributed by atoms with Gasteiger partial charge in [0.15, 0.2) is 0 Å². The van der Waals surface area contributed by atoms with Gasteiger partial charge < -0.3 is 4.74 Å². The van der Waals surface area contributed by atoms with Crippen molar-refractivity contribution in [2.45, 2.75) is 38.5 Å². The third kappa shape index (κ3) is 3.50. The standard InChI is InChI=1S/C19H19NOS/c1-14-6-8-15(9-7-14)19-5-3-2-4-16(19)12-21-18-10-17(11-18)20-13-22/h2-9,17-18H,10-12H2,1H3. The predicted molar refractivity (Wildman–Crippen MR) is 93.2 cm³/mol. The number of benzene rings is 2. The summed E-state index contributed by atoms with van der Waals surface area (Å²) in [7, 11) is 0. The van der Waals surface area contributed by atoms with Crippen molar-refractivity contribution in [1.29, 1.82) is 0 Å². The monoisotopic (exact) mass is 309 g/mol. The lowest BCUT2D eigenvalue weighted by molar-refractivity contribution is -0.0180. The average molecular weight is 309 g/mol. The molecule has 0 N–H and O–H groups in total. The highest BCUT2D eigenvalue weighted by Crippen LogP contribution is 2.29. The van der Waals surface area contributed by atoms with Gasteiger partial charge in [-0.1, -0.05) is 54.1 Å². The third-order valence-electron chi connectivity index (χ3n) is 4.16. The molecular weight excluding hydrogens is 290 g/mol. The second kappa shape index (κ2) is 6.97. The molecule has 0 heterocycles. The summed E-state index contributed by atoms with van der Waals surface area (Å²) in [5.41, 5.74) is 4.99. The van der Waals surface area contributed by atoms with Crippen LogP contribution in [-0.4, -0.2) is 17.3 Å². The zero-order valence-electron chi connectivity index (χ0n) is 12.7. The molecule has 0 aliphatic heterocycles. The predicted octanol–water partition coefficient (Wildman–Crippen LogP) is 4.81. The van der Waals surface area contributed by atoms with Crippen molar-refractivity contribution < 1.29 is 4.74 Å². The minimum atomic E-state index is 0.295. The summed E-state index contributed by atoms with van der Waals surface area (Å²) in [6, 6.07) is 17.4. The van der Waals surface area contributed by atoms with Crippen LogP contribution in [0.4, 0.5) is 0 Å². The third-order valence-corrected chi connectivity index (χ3v) is 4.27. The molecule has 2 aromatic carbocycles. The molecular formula is C19H19NOS. The first kappa shape index (κ1) is 15.1. The number of ether oxygens (including phenoxy) is 1. The number of nitrogens with zero attached hydrogens (tertiary/aromatic N) is 1. The molecule has 0 bridgehead atoms. The number of aliphatic imine (C=N–C) groups is 1. The number of rotatable bonds is 5. The molecule has 1 saturated carbocycles. The molecule has 112 valence electrons. The Morgan fingerprint density at radius 2 is 1.86 bits per heavy atom. The van der Waals surface area contributed by atoms with E-state index in [0.29, 0.717) is 18.8 Å². The van der Waals surface area contributed by atoms with Crippen LogP contribution in [0.2, 0.25) is 0 Å². The van der Waals surface area contributed by atoms with Gasteiger partial charge in [0.25, 0.3) is 0 Å². The van der Waals surface area contributed by atoms with Crippen molar-refractivity contribution in [1.82, 2.24) is 0 Å². The van der Waals surface area contributed by atoms with E-state index in [-0.39, 0.29) is 0 Å². The smallest absolute Gasteiger partial charge is 0.0726 e. The van der Waals surface area contributed by atoms with Crippen molar-refractivity contribution in [3.63, 3.8) is 0 Å². The summed E-state index contributed by atoms with van der Waals surface area (Å²) in [5, 5.41) is 2.45. The second-order valence-corrected chi connectivity index (χ2v) is 5.98. The van der Waals surface area contributed by atoms with Crippen molar-refractivity contribution in [2.75, 3.05) is 0 Å². The Morgan fingerprint density at radius 3 is 2.59 bits per heavy atom. The van der Waals surface area contributed by atoms with Crippen molar-refractivity contribution in [2.24, 2.45) is 4.99 Å². The zero-order valence-corrected chi connectivity index (χ0v) is 13.5. The van der Waals surface area contributed by atoms with Gasteiger partial charge in [0.05, 0.1) is 23.9 Å². The number of isothiocyanates is 1. The van der Waals surface area contributed by atoms with Crippen LogP contribution in [0.25, 0.3) is 11.1 Å². The molecule has 1 aliphatic rings. The molecule has 0 radical (unpaired) electrons. The van der Waals surface area contributed by atoms with Crippen LogP contribution >= 0.6 is 12.2 Å². The first-order valence-electron chi connectivity index (χ1n) is 7.60. The fraction of sp³-hybridized carbons (Fsp3) is 0.316. The molecule has 1 aliphatic carbocycles. The lowest BCUT2D eigenvalue weighted by Crippen LogP contribution is -2.34. The van der Waals surface area contributed by atoms with E-state index in [4.69, 9.17) is 4.74 Å². The lowest BCUT2D eigenvalue weighted by atomic mass is 9.90. The normalized spacial score (nSPS) is 20.0. The van der Waals surface area contributed by atoms with Crippen molar-refractivity contribution >= 4 is 17.4 Å². The van der Waals surface area contributed by atoms with Gasteiger partial charge in [0.1, 0.15) is 0 Å². The Morgan fingerprint density at radius 1 is 1.14 bits per heavy atom. The Balaban J connectivity index is 1.67. The Labute approximate surface area is 136 Å². The van der Waals surface area contributed by atoms with Gasteiger partial charge in [-0.25, -0.2) is 4.99 Å². The lowest BCUT2D eigenvalue weighted by Gasteiger charge is -2.31. The zero-order chi connectivity index (χ0) is 15.4. The van der Waals surface area contributed by atoms with Crippen LogP contribution in [0.3, 0.4) is 0 Å². The summed E-state index contributed by atoms with van der Waals surface area (Å²) in [5.74, 6) is 0. The molecule has 2 aromatic rings. The molecule has 0 atom stereocenters. The molecule has 0 spiro atoms. The topological polar surface area (TPSA) is 21.6 Å². The van der Waals surface area contributed by atoms with E-state index in [0.717, 1.165) is 12.8 Å². The van der Waals surface area contributed by atoms with E-state index in [2.05, 4.69) is 77.8 Å². The van der Waals surface area contributed by atoms with Gasteiger partial charge in [-0.05, 0) is 48.7 Å². The van der Waals surface area contributed by atoms with Crippen LogP contribution in [0.1, 0.15) is 24.0 Å². The van der Waals surface area contributed by atoms with Crippen LogP contribution < -0.4 is 0 Å². The largest absolute Gasteiger partial charge is 0.373 e. The highest BCUT2D eigenvalue weighted by Gasteiger charge is 2.29. The maximum atomic E-state index is 6.00. The molecule has 0 amide bonds. The van der Waals surface area contributed by atoms with Gasteiger partial charge in [0.2, 0.25) is 0 Å². The summed E-state index contributed by atoms with van der Waals surface area (Å²) >= 11 is 4.63. The van der Waals surface area contributed by atoms with E-state index in [9.17, 15) is 0 Å². The average Bonchev–Trinajstić information content (AvgIpc) is 2.51. The Kier molecular flexibility index (Phi) is 4.79. The summed E-state index contributed by atoms with van der Waals surface area (Å²) in [6.45, 7) is 2.75. The molecule has 0 unspecified atom stereocenters. The molecule has 0 aromatic heterocycles. The van der Waals surface area contributed by atoms with E-state index in [1.54, 1.807) is 0 Å². The van der Waals surface area contributed by atoms with E-state index in [1.807, 2.05) is 0 Å². The van der Waals surface area contributed by atoms with Gasteiger partial charge in [-0.3, -0.25) is 0 Å². The molecule has 3 heteroatoms. The maximum absolute atomic E-state index is 6.00. The summed E-state index contributed by atoms with van der Waals surface area (Å²) < 4.78 is 6.00. The van der Waals surface area contributed by atoms with E-state index < -0.39 is 0 Å². The van der Waals surface area contributed by atoms with Gasteiger partial charge in [-0.2, -0.15) is 0 Å². The van der Waals surface area contributed by atoms with Crippen molar-refractivity contribution in [3.05, 3.63) is 59.7 Å². The minimum absolute atomic E-state index is 0.295. The minimum Gasteiger partial charge on any atom is -0.373 e. The quantitative estimate of drug-likeness (QED) is 0.584.